The lowest BCUT2D eigenvalue weighted by atomic mass is 9.86. The summed E-state index contributed by atoms with van der Waals surface area (Å²) in [6, 6.07) is 17.0. The second-order valence-electron chi connectivity index (χ2n) is 10.4. The molecule has 9 nitrogen and oxygen atoms in total. The van der Waals surface area contributed by atoms with Gasteiger partial charge in [0.15, 0.2) is 6.79 Å². The van der Waals surface area contributed by atoms with Gasteiger partial charge in [-0.15, -0.1) is 0 Å². The minimum Gasteiger partial charge on any atom is -0.465 e. The van der Waals surface area contributed by atoms with Crippen LogP contribution in [0.5, 0.6) is 5.75 Å². The number of rotatable bonds is 10. The Morgan fingerprint density at radius 2 is 1.77 bits per heavy atom. The Morgan fingerprint density at radius 1 is 1.03 bits per heavy atom. The number of methoxy groups -OCH3 is 1. The van der Waals surface area contributed by atoms with Gasteiger partial charge in [-0.25, -0.2) is 8.42 Å². The number of carbonyl (C=O) groups excluding carboxylic acids is 1. The molecule has 2 aromatic carbocycles. The molecule has 0 saturated carbocycles. The van der Waals surface area contributed by atoms with Crippen LogP contribution in [0.1, 0.15) is 42.4 Å². The van der Waals surface area contributed by atoms with E-state index in [0.717, 1.165) is 23.2 Å². The monoisotopic (exact) mass is 553 g/mol. The number of fused-ring (bicyclic) bond motifs is 1. The highest BCUT2D eigenvalue weighted by molar-refractivity contribution is 7.92. The van der Waals surface area contributed by atoms with Gasteiger partial charge in [0, 0.05) is 31.3 Å². The summed E-state index contributed by atoms with van der Waals surface area (Å²) in [5, 5.41) is 0. The van der Waals surface area contributed by atoms with E-state index in [9.17, 15) is 13.2 Å². The molecule has 1 aromatic heterocycles. The van der Waals surface area contributed by atoms with Crippen molar-refractivity contribution in [3.63, 3.8) is 0 Å². The predicted molar refractivity (Wildman–Crippen MR) is 152 cm³/mol. The molecule has 1 N–H and O–H groups in total. The number of pyridine rings is 1. The second-order valence-corrected chi connectivity index (χ2v) is 12.2. The van der Waals surface area contributed by atoms with Gasteiger partial charge in [-0.05, 0) is 41.3 Å². The van der Waals surface area contributed by atoms with Gasteiger partial charge in [0.2, 0.25) is 10.0 Å². The van der Waals surface area contributed by atoms with Crippen molar-refractivity contribution in [1.82, 2.24) is 4.98 Å². The van der Waals surface area contributed by atoms with Crippen molar-refractivity contribution >= 4 is 27.3 Å². The van der Waals surface area contributed by atoms with E-state index in [4.69, 9.17) is 19.2 Å². The topological polar surface area (TPSA) is 107 Å². The van der Waals surface area contributed by atoms with E-state index in [2.05, 4.69) is 49.8 Å². The third-order valence-electron chi connectivity index (χ3n) is 6.37. The van der Waals surface area contributed by atoms with Crippen molar-refractivity contribution in [1.29, 1.82) is 0 Å². The lowest BCUT2D eigenvalue weighted by Crippen LogP contribution is -2.38. The van der Waals surface area contributed by atoms with Crippen LogP contribution in [-0.4, -0.2) is 59.2 Å². The molecule has 208 valence electrons. The fraction of sp³-hybridized carbons (Fsp3) is 0.379. The second kappa shape index (κ2) is 11.7. The number of anilines is 2. The normalized spacial score (nSPS) is 13.8. The predicted octanol–water partition coefficient (Wildman–Crippen LogP) is 4.62. The lowest BCUT2D eigenvalue weighted by molar-refractivity contribution is -0.00813. The van der Waals surface area contributed by atoms with Gasteiger partial charge < -0.3 is 19.1 Å². The molecular weight excluding hydrogens is 518 g/mol. The van der Waals surface area contributed by atoms with Gasteiger partial charge in [-0.1, -0.05) is 45.0 Å². The Kier molecular flexibility index (Phi) is 8.58. The van der Waals surface area contributed by atoms with E-state index in [1.54, 1.807) is 30.2 Å². The number of ether oxygens (including phenoxy) is 3. The van der Waals surface area contributed by atoms with E-state index >= 15 is 0 Å². The van der Waals surface area contributed by atoms with Crippen LogP contribution in [0, 0.1) is 0 Å². The van der Waals surface area contributed by atoms with Crippen LogP contribution in [0.25, 0.3) is 11.3 Å². The number of hydrogen-bond donors (Lipinski definition) is 1. The summed E-state index contributed by atoms with van der Waals surface area (Å²) < 4.78 is 42.3. The summed E-state index contributed by atoms with van der Waals surface area (Å²) in [4.78, 5) is 19.9. The van der Waals surface area contributed by atoms with Crippen LogP contribution in [-0.2, 0) is 31.3 Å². The maximum absolute atomic E-state index is 13.5. The van der Waals surface area contributed by atoms with Gasteiger partial charge in [0.1, 0.15) is 5.75 Å². The first kappa shape index (κ1) is 28.5. The molecule has 0 aliphatic carbocycles. The SMILES string of the molecule is COCCOCOc1ccc(N2CCc3nc(-c4ccc(C(C)(C)C)cc4)ccc3C2=O)cc1NS(C)(=O)=O. The summed E-state index contributed by atoms with van der Waals surface area (Å²) in [7, 11) is -2.03. The largest absolute Gasteiger partial charge is 0.465 e. The number of sulfonamides is 1. The standard InChI is InChI=1S/C29H35N3O6S/c1-29(2,3)21-8-6-20(7-9-21)24-12-11-23-25(30-24)14-15-32(28(23)33)22-10-13-27(38-19-37-17-16-36-4)26(18-22)31-39(5,34)35/h6-13,18,31H,14-17,19H2,1-5H3. The maximum Gasteiger partial charge on any atom is 0.260 e. The first-order valence-corrected chi connectivity index (χ1v) is 14.6. The molecule has 0 atom stereocenters. The van der Waals surface area contributed by atoms with Crippen LogP contribution < -0.4 is 14.4 Å². The highest BCUT2D eigenvalue weighted by Gasteiger charge is 2.28. The lowest BCUT2D eigenvalue weighted by Gasteiger charge is -2.29. The molecule has 1 aliphatic heterocycles. The average Bonchev–Trinajstić information content (AvgIpc) is 2.88. The number of aromatic nitrogens is 1. The summed E-state index contributed by atoms with van der Waals surface area (Å²) in [6.07, 6.45) is 1.62. The Labute approximate surface area is 230 Å². The van der Waals surface area contributed by atoms with Crippen LogP contribution in [0.15, 0.2) is 54.6 Å². The number of benzene rings is 2. The zero-order chi connectivity index (χ0) is 28.2. The molecule has 10 heteroatoms. The Balaban J connectivity index is 1.55. The summed E-state index contributed by atoms with van der Waals surface area (Å²) in [6.45, 7) is 7.61. The fourth-order valence-corrected chi connectivity index (χ4v) is 4.86. The number of nitrogens with one attached hydrogen (secondary N) is 1. The highest BCUT2D eigenvalue weighted by Crippen LogP contribution is 2.33. The maximum atomic E-state index is 13.5. The van der Waals surface area contributed by atoms with Crippen molar-refractivity contribution in [2.45, 2.75) is 32.6 Å². The van der Waals surface area contributed by atoms with Gasteiger partial charge in [-0.3, -0.25) is 14.5 Å². The number of hydrogen-bond acceptors (Lipinski definition) is 7. The first-order chi connectivity index (χ1) is 18.5. The van der Waals surface area contributed by atoms with E-state index in [1.165, 1.54) is 5.56 Å². The average molecular weight is 554 g/mol. The molecule has 0 saturated heterocycles. The Morgan fingerprint density at radius 3 is 2.44 bits per heavy atom. The van der Waals surface area contributed by atoms with Gasteiger partial charge in [0.25, 0.3) is 5.91 Å². The molecule has 2 heterocycles. The molecule has 4 rings (SSSR count). The Hall–Kier alpha value is -3.47. The molecule has 0 bridgehead atoms. The zero-order valence-electron chi connectivity index (χ0n) is 23.0. The third-order valence-corrected chi connectivity index (χ3v) is 6.96. The van der Waals surface area contributed by atoms with Crippen LogP contribution >= 0.6 is 0 Å². The fourth-order valence-electron chi connectivity index (χ4n) is 4.30. The number of carbonyl (C=O) groups is 1. The van der Waals surface area contributed by atoms with Crippen molar-refractivity contribution in [2.75, 3.05) is 49.5 Å². The van der Waals surface area contributed by atoms with Crippen molar-refractivity contribution in [3.05, 3.63) is 71.4 Å². The third kappa shape index (κ3) is 7.14. The van der Waals surface area contributed by atoms with Crippen molar-refractivity contribution in [2.24, 2.45) is 0 Å². The smallest absolute Gasteiger partial charge is 0.260 e. The van der Waals surface area contributed by atoms with E-state index in [1.807, 2.05) is 12.1 Å². The van der Waals surface area contributed by atoms with Gasteiger partial charge in [0.05, 0.1) is 42.1 Å². The first-order valence-electron chi connectivity index (χ1n) is 12.7. The number of amides is 1. The molecule has 1 aliphatic rings. The van der Waals surface area contributed by atoms with Crippen LogP contribution in [0.3, 0.4) is 0 Å². The minimum atomic E-state index is -3.60. The van der Waals surface area contributed by atoms with Gasteiger partial charge in [-0.2, -0.15) is 0 Å². The molecule has 0 unspecified atom stereocenters. The van der Waals surface area contributed by atoms with Crippen LogP contribution in [0.4, 0.5) is 11.4 Å². The van der Waals surface area contributed by atoms with Crippen molar-refractivity contribution in [3.8, 4) is 17.0 Å². The Bertz CT molecular complexity index is 1430. The molecular formula is C29H35N3O6S. The zero-order valence-corrected chi connectivity index (χ0v) is 23.8. The van der Waals surface area contributed by atoms with Gasteiger partial charge >= 0.3 is 0 Å². The molecule has 0 fully saturated rings. The molecule has 0 radical (unpaired) electrons. The molecule has 0 spiro atoms. The quantitative estimate of drug-likeness (QED) is 0.288. The highest BCUT2D eigenvalue weighted by atomic mass is 32.2. The molecule has 39 heavy (non-hydrogen) atoms. The summed E-state index contributed by atoms with van der Waals surface area (Å²) in [5.74, 6) is 0.0930. The summed E-state index contributed by atoms with van der Waals surface area (Å²) in [5.41, 5.74) is 5.17. The van der Waals surface area contributed by atoms with Crippen LogP contribution in [0.2, 0.25) is 0 Å². The number of nitrogens with zero attached hydrogens (tertiary/aromatic N) is 2. The molecule has 1 amide bonds. The van der Waals surface area contributed by atoms with Crippen molar-refractivity contribution < 1.29 is 27.4 Å². The van der Waals surface area contributed by atoms with E-state index in [-0.39, 0.29) is 29.6 Å². The van der Waals surface area contributed by atoms with E-state index < -0.39 is 10.0 Å². The summed E-state index contributed by atoms with van der Waals surface area (Å²) >= 11 is 0. The minimum absolute atomic E-state index is 0.0660. The molecule has 3 aromatic rings. The van der Waals surface area contributed by atoms with E-state index in [0.29, 0.717) is 37.4 Å².